The molecule has 0 radical (unpaired) electrons. The molecule has 0 aromatic heterocycles. The van der Waals surface area contributed by atoms with Crippen LogP contribution in [0, 0.1) is 24.2 Å². The topological polar surface area (TPSA) is 105 Å². The van der Waals surface area contributed by atoms with E-state index in [1.54, 1.807) is 22.8 Å². The van der Waals surface area contributed by atoms with E-state index in [9.17, 15) is 19.2 Å². The molecule has 0 aromatic carbocycles. The van der Waals surface area contributed by atoms with Crippen molar-refractivity contribution in [3.8, 4) is 12.3 Å². The molecule has 2 heterocycles. The Bertz CT molecular complexity index is 833. The van der Waals surface area contributed by atoms with Crippen LogP contribution in [-0.2, 0) is 23.9 Å². The molecule has 2 saturated heterocycles. The summed E-state index contributed by atoms with van der Waals surface area (Å²) >= 11 is 0. The quantitative estimate of drug-likeness (QED) is 0.335. The summed E-state index contributed by atoms with van der Waals surface area (Å²) < 4.78 is 10.3. The van der Waals surface area contributed by atoms with Crippen LogP contribution in [0.1, 0.15) is 59.8 Å². The Labute approximate surface area is 208 Å². The number of amides is 3. The van der Waals surface area contributed by atoms with Crippen LogP contribution >= 0.6 is 0 Å². The first-order chi connectivity index (χ1) is 16.5. The van der Waals surface area contributed by atoms with E-state index in [2.05, 4.69) is 11.2 Å². The molecule has 0 saturated carbocycles. The number of carbonyl (C=O) groups is 4. The molecule has 0 unspecified atom stereocenters. The smallest absolute Gasteiger partial charge is 0.410 e. The van der Waals surface area contributed by atoms with E-state index >= 15 is 0 Å². The number of nitrogens with zero attached hydrogens (tertiary/aromatic N) is 2. The second-order valence-electron chi connectivity index (χ2n) is 10.0. The number of hydrogen-bond donors (Lipinski definition) is 1. The fourth-order valence-corrected chi connectivity index (χ4v) is 4.14. The average molecular weight is 490 g/mol. The lowest BCUT2D eigenvalue weighted by atomic mass is 9.95. The van der Waals surface area contributed by atoms with Gasteiger partial charge in [-0.05, 0) is 65.4 Å². The van der Waals surface area contributed by atoms with Crippen molar-refractivity contribution in [3.63, 3.8) is 0 Å². The first-order valence-corrected chi connectivity index (χ1v) is 12.4. The third kappa shape index (κ3) is 9.63. The number of terminal acetylenes is 1. The second-order valence-corrected chi connectivity index (χ2v) is 10.0. The van der Waals surface area contributed by atoms with Gasteiger partial charge in [-0.15, -0.1) is 6.42 Å². The molecular formula is C26H39N3O6. The first kappa shape index (κ1) is 28.2. The van der Waals surface area contributed by atoms with Gasteiger partial charge >= 0.3 is 12.1 Å². The highest BCUT2D eigenvalue weighted by Gasteiger charge is 2.30. The van der Waals surface area contributed by atoms with Crippen molar-refractivity contribution in [2.75, 3.05) is 32.8 Å². The third-order valence-corrected chi connectivity index (χ3v) is 6.00. The number of nitrogens with one attached hydrogen (secondary N) is 1. The normalized spacial score (nSPS) is 20.1. The molecule has 0 bridgehead atoms. The number of piperidine rings is 2. The fraction of sp³-hybridized carbons (Fsp3) is 0.692. The highest BCUT2D eigenvalue weighted by molar-refractivity contribution is 5.88. The number of hydrogen-bond acceptors (Lipinski definition) is 6. The maximum atomic E-state index is 12.8. The molecule has 0 spiro atoms. The van der Waals surface area contributed by atoms with Crippen LogP contribution in [0.5, 0.6) is 0 Å². The number of likely N-dealkylation sites (tertiary alicyclic amines) is 2. The Morgan fingerprint density at radius 1 is 1.11 bits per heavy atom. The molecule has 2 atom stereocenters. The molecule has 9 heteroatoms. The first-order valence-electron chi connectivity index (χ1n) is 12.4. The molecule has 2 aliphatic rings. The summed E-state index contributed by atoms with van der Waals surface area (Å²) in [6, 6.07) is -0.737. The van der Waals surface area contributed by atoms with E-state index in [0.717, 1.165) is 12.8 Å². The highest BCUT2D eigenvalue weighted by Crippen LogP contribution is 2.22. The van der Waals surface area contributed by atoms with Gasteiger partial charge in [0.1, 0.15) is 11.6 Å². The van der Waals surface area contributed by atoms with Crippen LogP contribution in [-0.4, -0.2) is 78.1 Å². The molecule has 1 N–H and O–H groups in total. The lowest BCUT2D eigenvalue weighted by molar-refractivity contribution is -0.143. The van der Waals surface area contributed by atoms with Crippen LogP contribution in [0.25, 0.3) is 0 Å². The summed E-state index contributed by atoms with van der Waals surface area (Å²) in [4.78, 5) is 52.7. The lowest BCUT2D eigenvalue weighted by Gasteiger charge is -2.33. The molecular weight excluding hydrogens is 450 g/mol. The third-order valence-electron chi connectivity index (χ3n) is 6.00. The summed E-state index contributed by atoms with van der Waals surface area (Å²) in [5.41, 5.74) is -0.522. The summed E-state index contributed by atoms with van der Waals surface area (Å²) in [5, 5.41) is 2.72. The Kier molecular flexibility index (Phi) is 10.6. The van der Waals surface area contributed by atoms with Crippen molar-refractivity contribution in [1.29, 1.82) is 0 Å². The summed E-state index contributed by atoms with van der Waals surface area (Å²) in [5.74, 6) is 1.40. The van der Waals surface area contributed by atoms with Crippen molar-refractivity contribution in [1.82, 2.24) is 15.1 Å². The largest absolute Gasteiger partial charge is 0.466 e. The molecule has 9 nitrogen and oxygen atoms in total. The molecule has 0 aliphatic carbocycles. The van der Waals surface area contributed by atoms with Gasteiger partial charge in [0.15, 0.2) is 0 Å². The molecule has 2 rings (SSSR count). The zero-order valence-electron chi connectivity index (χ0n) is 21.4. The summed E-state index contributed by atoms with van der Waals surface area (Å²) in [6.45, 7) is 9.57. The van der Waals surface area contributed by atoms with Gasteiger partial charge in [0.25, 0.3) is 0 Å². The summed E-state index contributed by atoms with van der Waals surface area (Å²) in [6.07, 6.45) is 11.5. The second kappa shape index (κ2) is 13.2. The number of esters is 1. The van der Waals surface area contributed by atoms with Crippen molar-refractivity contribution < 1.29 is 28.7 Å². The summed E-state index contributed by atoms with van der Waals surface area (Å²) in [7, 11) is 0. The van der Waals surface area contributed by atoms with Crippen LogP contribution in [0.3, 0.4) is 0 Å². The van der Waals surface area contributed by atoms with Gasteiger partial charge in [-0.25, -0.2) is 4.79 Å². The number of allylic oxidation sites excluding steroid dienone is 1. The zero-order chi connectivity index (χ0) is 26.0. The minimum absolute atomic E-state index is 0.0824. The van der Waals surface area contributed by atoms with E-state index in [1.807, 2.05) is 26.8 Å². The van der Waals surface area contributed by atoms with E-state index < -0.39 is 17.6 Å². The lowest BCUT2D eigenvalue weighted by Crippen LogP contribution is -2.47. The van der Waals surface area contributed by atoms with Gasteiger partial charge in [-0.2, -0.15) is 0 Å². The Balaban J connectivity index is 1.81. The van der Waals surface area contributed by atoms with Gasteiger partial charge in [0, 0.05) is 26.2 Å². The number of rotatable bonds is 7. The van der Waals surface area contributed by atoms with Crippen molar-refractivity contribution >= 4 is 23.9 Å². The molecule has 2 fully saturated rings. The monoisotopic (exact) mass is 489 g/mol. The van der Waals surface area contributed by atoms with Gasteiger partial charge in [-0.1, -0.05) is 12.0 Å². The molecule has 0 aromatic rings. The number of carbonyl (C=O) groups excluding carboxylic acids is 4. The van der Waals surface area contributed by atoms with Gasteiger partial charge < -0.3 is 24.6 Å². The average Bonchev–Trinajstić information content (AvgIpc) is 2.81. The Morgan fingerprint density at radius 3 is 2.40 bits per heavy atom. The van der Waals surface area contributed by atoms with Crippen LogP contribution in [0.15, 0.2) is 12.2 Å². The Hall–Kier alpha value is -3.02. The minimum atomic E-state index is -0.737. The van der Waals surface area contributed by atoms with Crippen LogP contribution < -0.4 is 5.32 Å². The van der Waals surface area contributed by atoms with Crippen molar-refractivity contribution in [2.24, 2.45) is 11.8 Å². The van der Waals surface area contributed by atoms with E-state index in [4.69, 9.17) is 15.9 Å². The van der Waals surface area contributed by atoms with Crippen molar-refractivity contribution in [3.05, 3.63) is 12.2 Å². The van der Waals surface area contributed by atoms with E-state index in [1.165, 1.54) is 0 Å². The predicted molar refractivity (Wildman–Crippen MR) is 131 cm³/mol. The van der Waals surface area contributed by atoms with Crippen LogP contribution in [0.2, 0.25) is 0 Å². The van der Waals surface area contributed by atoms with E-state index in [0.29, 0.717) is 39.0 Å². The van der Waals surface area contributed by atoms with Crippen LogP contribution in [0.4, 0.5) is 4.79 Å². The van der Waals surface area contributed by atoms with Gasteiger partial charge in [0.05, 0.1) is 18.9 Å². The fourth-order valence-electron chi connectivity index (χ4n) is 4.14. The highest BCUT2D eigenvalue weighted by atomic mass is 16.6. The maximum Gasteiger partial charge on any atom is 0.410 e. The molecule has 194 valence electrons. The molecule has 35 heavy (non-hydrogen) atoms. The van der Waals surface area contributed by atoms with E-state index in [-0.39, 0.29) is 42.8 Å². The molecule has 3 amide bonds. The maximum absolute atomic E-state index is 12.8. The van der Waals surface area contributed by atoms with Gasteiger partial charge in [0.2, 0.25) is 11.8 Å². The SMILES string of the molecule is C#C[C@H](CC(=O)OCC)NC(=O)[C@@H]1CCCN(C(=O)/C=C\C2CCN(C(=O)OC(C)(C)C)CC2)C1. The number of ether oxygens (including phenoxy) is 2. The predicted octanol–water partition coefficient (Wildman–Crippen LogP) is 2.50. The van der Waals surface area contributed by atoms with Gasteiger partial charge in [-0.3, -0.25) is 14.4 Å². The zero-order valence-corrected chi connectivity index (χ0v) is 21.4. The minimum Gasteiger partial charge on any atom is -0.466 e. The Morgan fingerprint density at radius 2 is 1.80 bits per heavy atom. The van der Waals surface area contributed by atoms with Crippen molar-refractivity contribution in [2.45, 2.75) is 71.4 Å². The standard InChI is InChI=1S/C26H39N3O6/c1-6-21(17-23(31)34-7-2)27-24(32)20-9-8-14-29(18-20)22(30)11-10-19-12-15-28(16-13-19)25(33)35-26(3,4)5/h1,10-11,19-21H,7-9,12-18H2,2-5H3,(H,27,32)/b11-10-/t20-,21-/m1/s1. The molecule has 2 aliphatic heterocycles.